The van der Waals surface area contributed by atoms with Crippen molar-refractivity contribution in [3.05, 3.63) is 24.3 Å². The highest BCUT2D eigenvalue weighted by Gasteiger charge is 2.14. The Morgan fingerprint density at radius 1 is 1.31 bits per heavy atom. The molecule has 0 aliphatic rings. The van der Waals surface area contributed by atoms with E-state index in [4.69, 9.17) is 0 Å². The molecule has 0 unspecified atom stereocenters. The van der Waals surface area contributed by atoms with Crippen molar-refractivity contribution in [2.24, 2.45) is 4.99 Å². The summed E-state index contributed by atoms with van der Waals surface area (Å²) in [6, 6.07) is 8.54. The molecule has 0 fully saturated rings. The number of benzene rings is 1. The summed E-state index contributed by atoms with van der Waals surface area (Å²) in [6.45, 7) is 9.27. The van der Waals surface area contributed by atoms with Crippen LogP contribution in [0.3, 0.4) is 0 Å². The molecule has 0 bridgehead atoms. The van der Waals surface area contributed by atoms with Crippen LogP contribution in [-0.2, 0) is 0 Å². The molecule has 1 aromatic rings. The molecule has 0 N–H and O–H groups in total. The van der Waals surface area contributed by atoms with Crippen LogP contribution in [0.25, 0.3) is 0 Å². The first kappa shape index (κ1) is 13.5. The molecule has 0 aromatic heterocycles. The fourth-order valence-corrected chi connectivity index (χ4v) is 4.82. The predicted octanol–water partition coefficient (Wildman–Crippen LogP) is 5.12. The Morgan fingerprint density at radius 3 is 2.69 bits per heavy atom. The minimum Gasteiger partial charge on any atom is -0.261 e. The number of aliphatic imine (C=N–C) groups is 1. The van der Waals surface area contributed by atoms with Gasteiger partial charge in [0.25, 0.3) is 0 Å². The van der Waals surface area contributed by atoms with Gasteiger partial charge in [-0.25, -0.2) is 0 Å². The maximum absolute atomic E-state index is 4.46. The molecular weight excluding hydrogens is 230 g/mol. The minimum atomic E-state index is -1.09. The van der Waals surface area contributed by atoms with Crippen LogP contribution in [0.15, 0.2) is 34.2 Å². The zero-order valence-corrected chi connectivity index (χ0v) is 12.5. The van der Waals surface area contributed by atoms with Crippen LogP contribution in [0, 0.1) is 0 Å². The van der Waals surface area contributed by atoms with Crippen LogP contribution < -0.4 is 0 Å². The van der Waals surface area contributed by atoms with Gasteiger partial charge in [-0.1, -0.05) is 39.1 Å². The molecule has 0 saturated heterocycles. The second-order valence-electron chi connectivity index (χ2n) is 4.81. The van der Waals surface area contributed by atoms with Gasteiger partial charge in [0, 0.05) is 11.1 Å². The first-order chi connectivity index (χ1) is 7.51. The van der Waals surface area contributed by atoms with E-state index >= 15 is 0 Å². The second kappa shape index (κ2) is 6.26. The number of nitrogens with zero attached hydrogens (tertiary/aromatic N) is 1. The Morgan fingerprint density at radius 2 is 2.06 bits per heavy atom. The van der Waals surface area contributed by atoms with Crippen molar-refractivity contribution >= 4 is 30.3 Å². The molecule has 0 amide bonds. The van der Waals surface area contributed by atoms with Gasteiger partial charge >= 0.3 is 0 Å². The van der Waals surface area contributed by atoms with Crippen LogP contribution in [0.1, 0.15) is 19.8 Å². The van der Waals surface area contributed by atoms with Crippen molar-refractivity contribution in [1.29, 1.82) is 0 Å². The summed E-state index contributed by atoms with van der Waals surface area (Å²) in [5, 5.41) is 0. The lowest BCUT2D eigenvalue weighted by Gasteiger charge is -2.15. The van der Waals surface area contributed by atoms with Gasteiger partial charge in [-0.05, 0) is 24.6 Å². The SMILES string of the molecule is CCCC=Nc1cccc(S[Si](C)(C)C)c1. The van der Waals surface area contributed by atoms with E-state index < -0.39 is 7.22 Å². The maximum Gasteiger partial charge on any atom is 0.114 e. The molecule has 0 atom stereocenters. The summed E-state index contributed by atoms with van der Waals surface area (Å²) in [6.07, 6.45) is 4.23. The van der Waals surface area contributed by atoms with Gasteiger partial charge in [0.1, 0.15) is 7.22 Å². The number of hydrogen-bond acceptors (Lipinski definition) is 2. The van der Waals surface area contributed by atoms with Crippen molar-refractivity contribution < 1.29 is 0 Å². The van der Waals surface area contributed by atoms with Gasteiger partial charge in [-0.15, -0.1) is 0 Å². The van der Waals surface area contributed by atoms with Crippen molar-refractivity contribution in [3.63, 3.8) is 0 Å². The summed E-state index contributed by atoms with van der Waals surface area (Å²) in [4.78, 5) is 5.82. The van der Waals surface area contributed by atoms with E-state index in [1.54, 1.807) is 0 Å². The van der Waals surface area contributed by atoms with E-state index in [0.717, 1.165) is 18.5 Å². The van der Waals surface area contributed by atoms with E-state index in [1.165, 1.54) is 4.90 Å². The molecule has 16 heavy (non-hydrogen) atoms. The van der Waals surface area contributed by atoms with Gasteiger partial charge in [0.2, 0.25) is 0 Å². The highest BCUT2D eigenvalue weighted by molar-refractivity contribution is 8.28. The summed E-state index contributed by atoms with van der Waals surface area (Å²) >= 11 is 2.02. The normalized spacial score (nSPS) is 12.2. The third-order valence-electron chi connectivity index (χ3n) is 1.90. The lowest BCUT2D eigenvalue weighted by molar-refractivity contribution is 1.01. The van der Waals surface area contributed by atoms with Gasteiger partial charge in [-0.3, -0.25) is 4.99 Å². The first-order valence-corrected chi connectivity index (χ1v) is 10.9. The largest absolute Gasteiger partial charge is 0.261 e. The first-order valence-electron chi connectivity index (χ1n) is 5.83. The topological polar surface area (TPSA) is 12.4 Å². The summed E-state index contributed by atoms with van der Waals surface area (Å²) in [5.41, 5.74) is 1.08. The highest BCUT2D eigenvalue weighted by Crippen LogP contribution is 2.30. The average molecular weight is 251 g/mol. The van der Waals surface area contributed by atoms with Crippen molar-refractivity contribution in [2.45, 2.75) is 44.3 Å². The molecule has 0 spiro atoms. The lowest BCUT2D eigenvalue weighted by atomic mass is 10.3. The lowest BCUT2D eigenvalue weighted by Crippen LogP contribution is -2.13. The molecule has 1 aromatic carbocycles. The standard InChI is InChI=1S/C13H21NSSi/c1-5-6-10-14-12-8-7-9-13(11-12)15-16(2,3)4/h7-11H,5-6H2,1-4H3. The van der Waals surface area contributed by atoms with E-state index in [1.807, 2.05) is 17.4 Å². The minimum absolute atomic E-state index is 1.06. The maximum atomic E-state index is 4.46. The van der Waals surface area contributed by atoms with Gasteiger partial charge in [0.15, 0.2) is 0 Å². The Hall–Kier alpha value is -0.543. The zero-order valence-electron chi connectivity index (χ0n) is 10.7. The Bertz CT molecular complexity index is 355. The molecule has 0 radical (unpaired) electrons. The molecule has 0 aliphatic carbocycles. The zero-order chi connectivity index (χ0) is 12.0. The van der Waals surface area contributed by atoms with Crippen LogP contribution in [0.5, 0.6) is 0 Å². The molecule has 3 heteroatoms. The van der Waals surface area contributed by atoms with Gasteiger partial charge in [-0.2, -0.15) is 11.2 Å². The molecule has 0 heterocycles. The Labute approximate surface area is 104 Å². The van der Waals surface area contributed by atoms with Crippen LogP contribution >= 0.6 is 11.2 Å². The van der Waals surface area contributed by atoms with Crippen LogP contribution in [0.4, 0.5) is 5.69 Å². The molecule has 88 valence electrons. The number of hydrogen-bond donors (Lipinski definition) is 0. The Kier molecular flexibility index (Phi) is 5.29. The fourth-order valence-electron chi connectivity index (χ4n) is 1.28. The van der Waals surface area contributed by atoms with Crippen LogP contribution in [0.2, 0.25) is 19.6 Å². The van der Waals surface area contributed by atoms with E-state index in [0.29, 0.717) is 0 Å². The van der Waals surface area contributed by atoms with Gasteiger partial charge < -0.3 is 0 Å². The third-order valence-corrected chi connectivity index (χ3v) is 5.55. The fraction of sp³-hybridized carbons (Fsp3) is 0.462. The second-order valence-corrected chi connectivity index (χ2v) is 14.0. The smallest absolute Gasteiger partial charge is 0.114 e. The summed E-state index contributed by atoms with van der Waals surface area (Å²) < 4.78 is 0. The predicted molar refractivity (Wildman–Crippen MR) is 78.7 cm³/mol. The number of unbranched alkanes of at least 4 members (excludes halogenated alkanes) is 1. The van der Waals surface area contributed by atoms with Crippen molar-refractivity contribution in [3.8, 4) is 0 Å². The quantitative estimate of drug-likeness (QED) is 0.523. The van der Waals surface area contributed by atoms with E-state index in [2.05, 4.69) is 55.8 Å². The molecule has 1 nitrogen and oxygen atoms in total. The van der Waals surface area contributed by atoms with E-state index in [-0.39, 0.29) is 0 Å². The van der Waals surface area contributed by atoms with Crippen molar-refractivity contribution in [1.82, 2.24) is 0 Å². The summed E-state index contributed by atoms with van der Waals surface area (Å²) in [7, 11) is -1.09. The molecular formula is C13H21NSSi. The van der Waals surface area contributed by atoms with Crippen molar-refractivity contribution in [2.75, 3.05) is 0 Å². The molecule has 0 saturated carbocycles. The molecule has 0 aliphatic heterocycles. The summed E-state index contributed by atoms with van der Waals surface area (Å²) in [5.74, 6) is 0. The average Bonchev–Trinajstić information content (AvgIpc) is 2.16. The van der Waals surface area contributed by atoms with E-state index in [9.17, 15) is 0 Å². The Balaban J connectivity index is 2.71. The highest BCUT2D eigenvalue weighted by atomic mass is 32.4. The monoisotopic (exact) mass is 251 g/mol. The van der Waals surface area contributed by atoms with Gasteiger partial charge in [0.05, 0.1) is 5.69 Å². The number of rotatable bonds is 5. The third kappa shape index (κ3) is 5.52. The molecule has 1 rings (SSSR count). The van der Waals surface area contributed by atoms with Crippen LogP contribution in [-0.4, -0.2) is 13.4 Å².